The molecular weight excluding hydrogens is 248 g/mol. The molecule has 0 heterocycles. The summed E-state index contributed by atoms with van der Waals surface area (Å²) in [6.45, 7) is 0.935. The first-order valence-corrected chi connectivity index (χ1v) is 6.13. The molecular formula is C13H20N2O4. The number of ether oxygens (including phenoxy) is 1. The molecule has 0 saturated carbocycles. The van der Waals surface area contributed by atoms with E-state index in [0.29, 0.717) is 19.6 Å². The van der Waals surface area contributed by atoms with Crippen LogP contribution in [-0.2, 0) is 16.0 Å². The number of hydrogen-bond donors (Lipinski definition) is 4. The molecule has 5 N–H and O–H groups in total. The molecule has 1 aromatic rings. The Morgan fingerprint density at radius 1 is 1.32 bits per heavy atom. The van der Waals surface area contributed by atoms with Crippen LogP contribution in [0.4, 0.5) is 0 Å². The molecule has 19 heavy (non-hydrogen) atoms. The van der Waals surface area contributed by atoms with Crippen molar-refractivity contribution in [2.24, 2.45) is 5.73 Å². The highest BCUT2D eigenvalue weighted by Crippen LogP contribution is 2.10. The number of hydrogen-bond acceptors (Lipinski definition) is 5. The fourth-order valence-electron chi connectivity index (χ4n) is 1.52. The Labute approximate surface area is 112 Å². The number of amides is 1. The van der Waals surface area contributed by atoms with Gasteiger partial charge in [0.05, 0.1) is 25.9 Å². The van der Waals surface area contributed by atoms with E-state index < -0.39 is 6.04 Å². The van der Waals surface area contributed by atoms with Gasteiger partial charge >= 0.3 is 0 Å². The number of aliphatic hydroxyl groups is 1. The van der Waals surface area contributed by atoms with Gasteiger partial charge in [0, 0.05) is 6.54 Å². The zero-order chi connectivity index (χ0) is 14.1. The third-order valence-corrected chi connectivity index (χ3v) is 2.51. The quantitative estimate of drug-likeness (QED) is 0.471. The van der Waals surface area contributed by atoms with Crippen LogP contribution in [0, 0.1) is 0 Å². The van der Waals surface area contributed by atoms with Gasteiger partial charge in [0.1, 0.15) is 5.75 Å². The summed E-state index contributed by atoms with van der Waals surface area (Å²) >= 11 is 0. The monoisotopic (exact) mass is 268 g/mol. The largest absolute Gasteiger partial charge is 0.508 e. The normalized spacial score (nSPS) is 12.1. The SMILES string of the molecule is N[C@@H](Cc1ccc(O)cc1)C(=O)NCCOCCO. The van der Waals surface area contributed by atoms with Gasteiger partial charge in [0.2, 0.25) is 5.91 Å². The molecule has 0 fully saturated rings. The second-order valence-electron chi connectivity index (χ2n) is 4.10. The number of aromatic hydroxyl groups is 1. The maximum Gasteiger partial charge on any atom is 0.237 e. The molecule has 1 aromatic carbocycles. The number of phenolic OH excluding ortho intramolecular Hbond substituents is 1. The Kier molecular flexibility index (Phi) is 6.88. The first kappa shape index (κ1) is 15.4. The van der Waals surface area contributed by atoms with Crippen molar-refractivity contribution in [2.75, 3.05) is 26.4 Å². The van der Waals surface area contributed by atoms with Crippen molar-refractivity contribution >= 4 is 5.91 Å². The summed E-state index contributed by atoms with van der Waals surface area (Å²) in [5.41, 5.74) is 6.66. The molecule has 6 heteroatoms. The molecule has 0 bridgehead atoms. The van der Waals surface area contributed by atoms with Gasteiger partial charge in [-0.15, -0.1) is 0 Å². The van der Waals surface area contributed by atoms with Gasteiger partial charge in [0.15, 0.2) is 0 Å². The molecule has 1 atom stereocenters. The van der Waals surface area contributed by atoms with E-state index in [1.54, 1.807) is 24.3 Å². The number of benzene rings is 1. The van der Waals surface area contributed by atoms with Gasteiger partial charge in [-0.2, -0.15) is 0 Å². The van der Waals surface area contributed by atoms with Crippen molar-refractivity contribution in [1.29, 1.82) is 0 Å². The van der Waals surface area contributed by atoms with Gasteiger partial charge < -0.3 is 26.0 Å². The first-order valence-electron chi connectivity index (χ1n) is 6.13. The van der Waals surface area contributed by atoms with Crippen LogP contribution in [0.15, 0.2) is 24.3 Å². The summed E-state index contributed by atoms with van der Waals surface area (Å²) in [5.74, 6) is -0.0662. The summed E-state index contributed by atoms with van der Waals surface area (Å²) in [6.07, 6.45) is 0.406. The van der Waals surface area contributed by atoms with Gasteiger partial charge in [-0.1, -0.05) is 12.1 Å². The van der Waals surface area contributed by atoms with Crippen LogP contribution in [0.1, 0.15) is 5.56 Å². The molecule has 0 saturated heterocycles. The standard InChI is InChI=1S/C13H20N2O4/c14-12(9-10-1-3-11(17)4-2-10)13(18)15-5-7-19-8-6-16/h1-4,12,16-17H,5-9,14H2,(H,15,18)/t12-/m0/s1. The fraction of sp³-hybridized carbons (Fsp3) is 0.462. The molecule has 0 aliphatic rings. The Morgan fingerprint density at radius 3 is 2.63 bits per heavy atom. The zero-order valence-corrected chi connectivity index (χ0v) is 10.7. The van der Waals surface area contributed by atoms with E-state index in [-0.39, 0.29) is 24.9 Å². The van der Waals surface area contributed by atoms with Crippen molar-refractivity contribution in [3.05, 3.63) is 29.8 Å². The van der Waals surface area contributed by atoms with Crippen LogP contribution in [0.2, 0.25) is 0 Å². The van der Waals surface area contributed by atoms with Crippen LogP contribution in [-0.4, -0.2) is 48.5 Å². The second kappa shape index (κ2) is 8.47. The molecule has 1 rings (SSSR count). The minimum absolute atomic E-state index is 0.0334. The summed E-state index contributed by atoms with van der Waals surface area (Å²) in [6, 6.07) is 5.94. The smallest absolute Gasteiger partial charge is 0.237 e. The molecule has 0 aliphatic carbocycles. The highest BCUT2D eigenvalue weighted by atomic mass is 16.5. The van der Waals surface area contributed by atoms with Crippen LogP contribution >= 0.6 is 0 Å². The Bertz CT molecular complexity index is 381. The average Bonchev–Trinajstić information content (AvgIpc) is 2.41. The number of phenols is 1. The third-order valence-electron chi connectivity index (χ3n) is 2.51. The minimum atomic E-state index is -0.637. The van der Waals surface area contributed by atoms with E-state index >= 15 is 0 Å². The maximum atomic E-state index is 11.7. The summed E-state index contributed by atoms with van der Waals surface area (Å²) in [7, 11) is 0. The van der Waals surface area contributed by atoms with E-state index in [9.17, 15) is 4.79 Å². The predicted molar refractivity (Wildman–Crippen MR) is 70.7 cm³/mol. The second-order valence-corrected chi connectivity index (χ2v) is 4.10. The molecule has 0 unspecified atom stereocenters. The van der Waals surface area contributed by atoms with Crippen molar-refractivity contribution in [3.63, 3.8) is 0 Å². The van der Waals surface area contributed by atoms with E-state index in [0.717, 1.165) is 5.56 Å². The van der Waals surface area contributed by atoms with Crippen molar-refractivity contribution in [3.8, 4) is 5.75 Å². The Morgan fingerprint density at radius 2 is 2.00 bits per heavy atom. The molecule has 6 nitrogen and oxygen atoms in total. The zero-order valence-electron chi connectivity index (χ0n) is 10.7. The van der Waals surface area contributed by atoms with Crippen LogP contribution in [0.25, 0.3) is 0 Å². The highest BCUT2D eigenvalue weighted by Gasteiger charge is 2.13. The average molecular weight is 268 g/mol. The molecule has 0 aliphatic heterocycles. The van der Waals surface area contributed by atoms with Crippen LogP contribution < -0.4 is 11.1 Å². The number of aliphatic hydroxyl groups excluding tert-OH is 1. The summed E-state index contributed by atoms with van der Waals surface area (Å²) < 4.78 is 5.01. The number of rotatable bonds is 8. The van der Waals surface area contributed by atoms with Crippen molar-refractivity contribution in [2.45, 2.75) is 12.5 Å². The van der Waals surface area contributed by atoms with E-state index in [1.807, 2.05) is 0 Å². The minimum Gasteiger partial charge on any atom is -0.508 e. The highest BCUT2D eigenvalue weighted by molar-refractivity contribution is 5.81. The molecule has 1 amide bonds. The fourth-order valence-corrected chi connectivity index (χ4v) is 1.52. The molecule has 0 spiro atoms. The lowest BCUT2D eigenvalue weighted by Crippen LogP contribution is -2.43. The number of nitrogens with one attached hydrogen (secondary N) is 1. The first-order chi connectivity index (χ1) is 9.13. The van der Waals surface area contributed by atoms with Gasteiger partial charge in [0.25, 0.3) is 0 Å². The summed E-state index contributed by atoms with van der Waals surface area (Å²) in [4.78, 5) is 11.7. The lowest BCUT2D eigenvalue weighted by Gasteiger charge is -2.12. The number of carbonyl (C=O) groups is 1. The summed E-state index contributed by atoms with van der Waals surface area (Å²) in [5, 5.41) is 20.3. The molecule has 0 aromatic heterocycles. The predicted octanol–water partition coefficient (Wildman–Crippen LogP) is -0.613. The Hall–Kier alpha value is -1.63. The van der Waals surface area contributed by atoms with E-state index in [1.165, 1.54) is 0 Å². The van der Waals surface area contributed by atoms with Crippen LogP contribution in [0.5, 0.6) is 5.75 Å². The number of nitrogens with two attached hydrogens (primary N) is 1. The van der Waals surface area contributed by atoms with Gasteiger partial charge in [-0.05, 0) is 24.1 Å². The molecule has 106 valence electrons. The third kappa shape index (κ3) is 6.19. The lowest BCUT2D eigenvalue weighted by atomic mass is 10.1. The maximum absolute atomic E-state index is 11.7. The van der Waals surface area contributed by atoms with Crippen LogP contribution in [0.3, 0.4) is 0 Å². The van der Waals surface area contributed by atoms with Crippen molar-refractivity contribution < 1.29 is 19.7 Å². The Balaban J connectivity index is 2.26. The molecule has 0 radical (unpaired) electrons. The van der Waals surface area contributed by atoms with E-state index in [2.05, 4.69) is 5.32 Å². The van der Waals surface area contributed by atoms with Gasteiger partial charge in [-0.25, -0.2) is 0 Å². The van der Waals surface area contributed by atoms with Gasteiger partial charge in [-0.3, -0.25) is 4.79 Å². The van der Waals surface area contributed by atoms with E-state index in [4.69, 9.17) is 20.7 Å². The number of carbonyl (C=O) groups excluding carboxylic acids is 1. The lowest BCUT2D eigenvalue weighted by molar-refractivity contribution is -0.122. The topological polar surface area (TPSA) is 105 Å². The van der Waals surface area contributed by atoms with Crippen molar-refractivity contribution in [1.82, 2.24) is 5.32 Å².